The summed E-state index contributed by atoms with van der Waals surface area (Å²) >= 11 is 0. The van der Waals surface area contributed by atoms with Crippen molar-refractivity contribution in [2.45, 2.75) is 56.7 Å². The fourth-order valence-corrected chi connectivity index (χ4v) is 5.10. The summed E-state index contributed by atoms with van der Waals surface area (Å²) in [5.74, 6) is 0.776. The summed E-state index contributed by atoms with van der Waals surface area (Å²) in [7, 11) is 0. The highest BCUT2D eigenvalue weighted by Gasteiger charge is 2.51. The number of likely N-dealkylation sites (tertiary alicyclic amines) is 1. The van der Waals surface area contributed by atoms with Crippen molar-refractivity contribution in [3.63, 3.8) is 0 Å². The number of fused-ring (bicyclic) bond motifs is 1. The molecule has 30 heavy (non-hydrogen) atoms. The van der Waals surface area contributed by atoms with Crippen LogP contribution in [-0.4, -0.2) is 42.1 Å². The van der Waals surface area contributed by atoms with E-state index in [-0.39, 0.29) is 23.5 Å². The van der Waals surface area contributed by atoms with E-state index >= 15 is 0 Å². The number of hydrogen-bond donors (Lipinski definition) is 2. The van der Waals surface area contributed by atoms with Crippen molar-refractivity contribution in [2.24, 2.45) is 5.73 Å². The summed E-state index contributed by atoms with van der Waals surface area (Å²) in [6.07, 6.45) is 5.53. The number of hydrogen-bond acceptors (Lipinski definition) is 4. The molecule has 2 aromatic carbocycles. The molecule has 0 aromatic heterocycles. The van der Waals surface area contributed by atoms with Crippen molar-refractivity contribution in [2.75, 3.05) is 19.7 Å². The van der Waals surface area contributed by atoms with Crippen LogP contribution in [0, 0.1) is 0 Å². The lowest BCUT2D eigenvalue weighted by atomic mass is 9.85. The number of nitrogens with two attached hydrogens (primary N) is 1. The van der Waals surface area contributed by atoms with E-state index < -0.39 is 0 Å². The van der Waals surface area contributed by atoms with E-state index in [9.17, 15) is 4.79 Å². The van der Waals surface area contributed by atoms with Gasteiger partial charge in [-0.15, -0.1) is 0 Å². The van der Waals surface area contributed by atoms with Gasteiger partial charge in [0.05, 0.1) is 12.1 Å². The maximum Gasteiger partial charge on any atom is 0.254 e. The molecule has 2 fully saturated rings. The van der Waals surface area contributed by atoms with Gasteiger partial charge in [-0.2, -0.15) is 0 Å². The molecule has 5 nitrogen and oxygen atoms in total. The molecule has 0 radical (unpaired) electrons. The Balaban J connectivity index is 1.70. The molecule has 3 atom stereocenters. The van der Waals surface area contributed by atoms with Gasteiger partial charge in [0, 0.05) is 17.6 Å². The van der Waals surface area contributed by atoms with Gasteiger partial charge >= 0.3 is 0 Å². The highest BCUT2D eigenvalue weighted by atomic mass is 16.5. The first-order valence-corrected chi connectivity index (χ1v) is 11.2. The van der Waals surface area contributed by atoms with Gasteiger partial charge in [-0.05, 0) is 56.5 Å². The minimum absolute atomic E-state index is 0.0629. The number of nitrogens with one attached hydrogen (secondary N) is 1. The predicted molar refractivity (Wildman–Crippen MR) is 120 cm³/mol. The number of ether oxygens (including phenoxy) is 1. The number of amides is 1. The lowest BCUT2D eigenvalue weighted by Gasteiger charge is -2.38. The molecule has 2 heterocycles. The van der Waals surface area contributed by atoms with Crippen LogP contribution in [0.3, 0.4) is 0 Å². The Labute approximate surface area is 179 Å². The van der Waals surface area contributed by atoms with Crippen LogP contribution in [0.15, 0.2) is 54.6 Å². The Bertz CT molecular complexity index is 856. The van der Waals surface area contributed by atoms with E-state index in [2.05, 4.69) is 41.4 Å². The second-order valence-electron chi connectivity index (χ2n) is 8.72. The third-order valence-electron chi connectivity index (χ3n) is 6.59. The third kappa shape index (κ3) is 4.23. The number of carbonyl (C=O) groups excluding carboxylic acids is 1. The van der Waals surface area contributed by atoms with Gasteiger partial charge in [0.1, 0.15) is 12.4 Å². The lowest BCUT2D eigenvalue weighted by molar-refractivity contribution is 0.0611. The molecule has 0 saturated carbocycles. The first-order valence-electron chi connectivity index (χ1n) is 11.2. The first-order chi connectivity index (χ1) is 14.6. The zero-order valence-electron chi connectivity index (χ0n) is 17.8. The van der Waals surface area contributed by atoms with Crippen molar-refractivity contribution in [3.8, 4) is 5.75 Å². The van der Waals surface area contributed by atoms with Gasteiger partial charge in [-0.3, -0.25) is 4.79 Å². The van der Waals surface area contributed by atoms with Crippen molar-refractivity contribution in [3.05, 3.63) is 65.7 Å². The summed E-state index contributed by atoms with van der Waals surface area (Å²) in [5.41, 5.74) is 7.37. The Kier molecular flexibility index (Phi) is 6.40. The Hall–Kier alpha value is -2.37. The standard InChI is InChI=1S/C25H33N3O2/c1-25-18-22(19-9-4-2-5-10-19)28(23(25)13-6-3-7-15-27-25)24(29)20-11-8-12-21(17-20)30-16-14-26/h2,4-5,8-12,17,22-23,27H,3,6-7,13-16,18,26H2,1H3/t22-,23-,25-/m0/s1. The zero-order chi connectivity index (χ0) is 21.0. The van der Waals surface area contributed by atoms with Gasteiger partial charge in [0.25, 0.3) is 5.91 Å². The summed E-state index contributed by atoms with van der Waals surface area (Å²) in [5, 5.41) is 3.80. The average molecular weight is 408 g/mol. The Morgan fingerprint density at radius 3 is 2.80 bits per heavy atom. The Morgan fingerprint density at radius 2 is 2.00 bits per heavy atom. The zero-order valence-corrected chi connectivity index (χ0v) is 17.8. The smallest absolute Gasteiger partial charge is 0.254 e. The molecule has 0 unspecified atom stereocenters. The molecule has 160 valence electrons. The Morgan fingerprint density at radius 1 is 1.17 bits per heavy atom. The van der Waals surface area contributed by atoms with Gasteiger partial charge < -0.3 is 20.7 Å². The second kappa shape index (κ2) is 9.19. The predicted octanol–water partition coefficient (Wildman–Crippen LogP) is 3.90. The summed E-state index contributed by atoms with van der Waals surface area (Å²) < 4.78 is 5.68. The van der Waals surface area contributed by atoms with Crippen LogP contribution in [0.5, 0.6) is 5.75 Å². The van der Waals surface area contributed by atoms with Crippen LogP contribution in [0.25, 0.3) is 0 Å². The first kappa shape index (κ1) is 20.9. The van der Waals surface area contributed by atoms with Crippen molar-refractivity contribution < 1.29 is 9.53 Å². The summed E-state index contributed by atoms with van der Waals surface area (Å²) in [4.78, 5) is 16.0. The van der Waals surface area contributed by atoms with Crippen LogP contribution in [0.4, 0.5) is 0 Å². The number of carbonyl (C=O) groups is 1. The maximum absolute atomic E-state index is 13.9. The topological polar surface area (TPSA) is 67.6 Å². The fraction of sp³-hybridized carbons (Fsp3) is 0.480. The molecule has 2 aliphatic rings. The van der Waals surface area contributed by atoms with E-state index in [1.54, 1.807) is 0 Å². The average Bonchev–Trinajstić information content (AvgIpc) is 3.04. The largest absolute Gasteiger partial charge is 0.492 e. The molecule has 1 amide bonds. The number of nitrogens with zero attached hydrogens (tertiary/aromatic N) is 1. The molecular formula is C25H33N3O2. The SMILES string of the molecule is C[C@]12C[C@@H](c3ccccc3)N(C(=O)c3cccc(OCCN)c3)[C@H]1CCCCCN2. The van der Waals surface area contributed by atoms with E-state index in [4.69, 9.17) is 10.5 Å². The molecule has 5 heteroatoms. The highest BCUT2D eigenvalue weighted by molar-refractivity contribution is 5.95. The minimum Gasteiger partial charge on any atom is -0.492 e. The maximum atomic E-state index is 13.9. The molecule has 3 N–H and O–H groups in total. The molecule has 0 aliphatic carbocycles. The molecule has 2 aliphatic heterocycles. The minimum atomic E-state index is -0.0791. The van der Waals surface area contributed by atoms with Crippen molar-refractivity contribution in [1.82, 2.24) is 10.2 Å². The molecule has 4 rings (SSSR count). The molecule has 0 spiro atoms. The van der Waals surface area contributed by atoms with Gasteiger partial charge in [0.15, 0.2) is 0 Å². The monoisotopic (exact) mass is 407 g/mol. The van der Waals surface area contributed by atoms with E-state index in [0.717, 1.165) is 25.8 Å². The van der Waals surface area contributed by atoms with Crippen LogP contribution < -0.4 is 15.8 Å². The normalized spacial score (nSPS) is 26.5. The molecule has 2 aromatic rings. The van der Waals surface area contributed by atoms with Gasteiger partial charge in [-0.25, -0.2) is 0 Å². The molecular weight excluding hydrogens is 374 g/mol. The van der Waals surface area contributed by atoms with Crippen LogP contribution in [-0.2, 0) is 0 Å². The summed E-state index contributed by atoms with van der Waals surface area (Å²) in [6, 6.07) is 18.2. The summed E-state index contributed by atoms with van der Waals surface area (Å²) in [6.45, 7) is 4.21. The van der Waals surface area contributed by atoms with Crippen molar-refractivity contribution >= 4 is 5.91 Å². The quantitative estimate of drug-likeness (QED) is 0.789. The number of rotatable bonds is 5. The van der Waals surface area contributed by atoms with Gasteiger partial charge in [0.2, 0.25) is 0 Å². The fourth-order valence-electron chi connectivity index (χ4n) is 5.10. The second-order valence-corrected chi connectivity index (χ2v) is 8.72. The van der Waals surface area contributed by atoms with Crippen LogP contribution in [0.1, 0.15) is 61.0 Å². The molecule has 2 saturated heterocycles. The van der Waals surface area contributed by atoms with Crippen molar-refractivity contribution in [1.29, 1.82) is 0 Å². The van der Waals surface area contributed by atoms with Crippen LogP contribution >= 0.6 is 0 Å². The van der Waals surface area contributed by atoms with E-state index in [1.165, 1.54) is 18.4 Å². The van der Waals surface area contributed by atoms with Gasteiger partial charge in [-0.1, -0.05) is 49.2 Å². The highest BCUT2D eigenvalue weighted by Crippen LogP contribution is 2.45. The number of benzene rings is 2. The van der Waals surface area contributed by atoms with E-state index in [0.29, 0.717) is 24.5 Å². The lowest BCUT2D eigenvalue weighted by Crippen LogP contribution is -2.54. The third-order valence-corrected chi connectivity index (χ3v) is 6.59. The van der Waals surface area contributed by atoms with E-state index in [1.807, 2.05) is 30.3 Å². The molecule has 0 bridgehead atoms. The van der Waals surface area contributed by atoms with Crippen LogP contribution in [0.2, 0.25) is 0 Å².